The lowest BCUT2D eigenvalue weighted by Gasteiger charge is -2.13. The molecule has 2 aromatic carbocycles. The van der Waals surface area contributed by atoms with Crippen molar-refractivity contribution in [2.24, 2.45) is 7.05 Å². The number of rotatable bonds is 3. The monoisotopic (exact) mass is 399 g/mol. The Hall–Kier alpha value is -3.55. The molecule has 0 aliphatic rings. The average molecular weight is 399 g/mol. The van der Waals surface area contributed by atoms with Crippen LogP contribution in [0.2, 0.25) is 0 Å². The second-order valence-corrected chi connectivity index (χ2v) is 6.70. The predicted molar refractivity (Wildman–Crippen MR) is 103 cm³/mol. The van der Waals surface area contributed by atoms with Gasteiger partial charge in [-0.15, -0.1) is 13.2 Å². The zero-order valence-corrected chi connectivity index (χ0v) is 15.6. The fourth-order valence-corrected chi connectivity index (χ4v) is 3.26. The SMILES string of the molecule is Cc1cc(=O)n(-c2ccc(OC(F)(F)F)cc2)cc1-c1ccc2nn(C)cc2c1. The van der Waals surface area contributed by atoms with Gasteiger partial charge in [0.1, 0.15) is 5.75 Å². The molecular formula is C21H16F3N3O2. The summed E-state index contributed by atoms with van der Waals surface area (Å²) in [6.07, 6.45) is -1.17. The Bertz CT molecular complexity index is 1260. The number of ether oxygens (including phenoxy) is 1. The van der Waals surface area contributed by atoms with Gasteiger partial charge >= 0.3 is 6.36 Å². The number of alkyl halides is 3. The van der Waals surface area contributed by atoms with Gasteiger partial charge in [-0.3, -0.25) is 14.0 Å². The van der Waals surface area contributed by atoms with Crippen LogP contribution in [-0.2, 0) is 7.05 Å². The average Bonchev–Trinajstić information content (AvgIpc) is 3.00. The topological polar surface area (TPSA) is 49.1 Å². The summed E-state index contributed by atoms with van der Waals surface area (Å²) in [4.78, 5) is 12.5. The second kappa shape index (κ2) is 6.80. The van der Waals surface area contributed by atoms with E-state index < -0.39 is 6.36 Å². The highest BCUT2D eigenvalue weighted by Crippen LogP contribution is 2.27. The zero-order valence-electron chi connectivity index (χ0n) is 15.6. The molecule has 0 N–H and O–H groups in total. The first-order chi connectivity index (χ1) is 13.7. The van der Waals surface area contributed by atoms with Crippen LogP contribution in [0.4, 0.5) is 13.2 Å². The van der Waals surface area contributed by atoms with Crippen molar-refractivity contribution < 1.29 is 17.9 Å². The van der Waals surface area contributed by atoms with E-state index in [0.29, 0.717) is 5.69 Å². The van der Waals surface area contributed by atoms with Crippen molar-refractivity contribution in [2.75, 3.05) is 0 Å². The minimum absolute atomic E-state index is 0.279. The van der Waals surface area contributed by atoms with Crippen molar-refractivity contribution in [3.05, 3.63) is 76.8 Å². The first-order valence-corrected chi connectivity index (χ1v) is 8.73. The van der Waals surface area contributed by atoms with Crippen LogP contribution in [0.3, 0.4) is 0 Å². The number of hydrogen-bond acceptors (Lipinski definition) is 3. The molecule has 29 heavy (non-hydrogen) atoms. The quantitative estimate of drug-likeness (QED) is 0.506. The summed E-state index contributed by atoms with van der Waals surface area (Å²) in [5, 5.41) is 5.32. The molecule has 5 nitrogen and oxygen atoms in total. The summed E-state index contributed by atoms with van der Waals surface area (Å²) in [6, 6.07) is 12.5. The van der Waals surface area contributed by atoms with Crippen LogP contribution in [0.5, 0.6) is 5.75 Å². The third-order valence-corrected chi connectivity index (χ3v) is 4.54. The number of pyridine rings is 1. The largest absolute Gasteiger partial charge is 0.573 e. The summed E-state index contributed by atoms with van der Waals surface area (Å²) in [5.74, 6) is -0.344. The van der Waals surface area contributed by atoms with E-state index in [1.807, 2.05) is 38.4 Å². The number of halogens is 3. The molecule has 4 aromatic rings. The van der Waals surface area contributed by atoms with Crippen molar-refractivity contribution >= 4 is 10.9 Å². The van der Waals surface area contributed by atoms with E-state index in [-0.39, 0.29) is 11.3 Å². The van der Waals surface area contributed by atoms with Crippen LogP contribution in [0.1, 0.15) is 5.56 Å². The Morgan fingerprint density at radius 2 is 1.72 bits per heavy atom. The zero-order chi connectivity index (χ0) is 20.8. The van der Waals surface area contributed by atoms with Crippen LogP contribution in [0, 0.1) is 6.92 Å². The van der Waals surface area contributed by atoms with Gasteiger partial charge in [0.15, 0.2) is 0 Å². The lowest BCUT2D eigenvalue weighted by atomic mass is 10.0. The molecule has 0 radical (unpaired) electrons. The van der Waals surface area contributed by atoms with Gasteiger partial charge in [-0.1, -0.05) is 6.07 Å². The number of hydrogen-bond donors (Lipinski definition) is 0. The van der Waals surface area contributed by atoms with Gasteiger partial charge in [-0.05, 0) is 54.4 Å². The third kappa shape index (κ3) is 3.87. The van der Waals surface area contributed by atoms with E-state index in [1.54, 1.807) is 10.9 Å². The van der Waals surface area contributed by atoms with E-state index in [1.165, 1.54) is 34.9 Å². The van der Waals surface area contributed by atoms with Gasteiger partial charge in [0, 0.05) is 42.1 Å². The lowest BCUT2D eigenvalue weighted by molar-refractivity contribution is -0.274. The summed E-state index contributed by atoms with van der Waals surface area (Å²) in [5.41, 5.74) is 3.57. The minimum Gasteiger partial charge on any atom is -0.406 e. The molecule has 0 spiro atoms. The van der Waals surface area contributed by atoms with Crippen LogP contribution in [-0.4, -0.2) is 20.7 Å². The molecule has 0 bridgehead atoms. The number of benzene rings is 2. The van der Waals surface area contributed by atoms with Crippen LogP contribution in [0.15, 0.2) is 65.7 Å². The number of aromatic nitrogens is 3. The van der Waals surface area contributed by atoms with Crippen molar-refractivity contribution in [1.29, 1.82) is 0 Å². The van der Waals surface area contributed by atoms with E-state index >= 15 is 0 Å². The fourth-order valence-electron chi connectivity index (χ4n) is 3.26. The molecule has 0 amide bonds. The lowest BCUT2D eigenvalue weighted by Crippen LogP contribution is -2.18. The Labute approximate surface area is 163 Å². The van der Waals surface area contributed by atoms with Crippen LogP contribution in [0.25, 0.3) is 27.7 Å². The molecule has 8 heteroatoms. The summed E-state index contributed by atoms with van der Waals surface area (Å²) >= 11 is 0. The molecule has 0 fully saturated rings. The molecule has 4 rings (SSSR count). The highest BCUT2D eigenvalue weighted by molar-refractivity contribution is 5.84. The van der Waals surface area contributed by atoms with Crippen molar-refractivity contribution in [2.45, 2.75) is 13.3 Å². The molecule has 0 saturated heterocycles. The van der Waals surface area contributed by atoms with Crippen molar-refractivity contribution in [3.8, 4) is 22.6 Å². The summed E-state index contributed by atoms with van der Waals surface area (Å²) < 4.78 is 44.0. The molecular weight excluding hydrogens is 383 g/mol. The highest BCUT2D eigenvalue weighted by Gasteiger charge is 2.31. The van der Waals surface area contributed by atoms with Gasteiger partial charge in [-0.2, -0.15) is 5.10 Å². The maximum Gasteiger partial charge on any atom is 0.573 e. The maximum atomic E-state index is 12.5. The predicted octanol–water partition coefficient (Wildman–Crippen LogP) is 4.60. The van der Waals surface area contributed by atoms with Crippen LogP contribution >= 0.6 is 0 Å². The molecule has 0 unspecified atom stereocenters. The fraction of sp³-hybridized carbons (Fsp3) is 0.143. The van der Waals surface area contributed by atoms with E-state index in [4.69, 9.17) is 0 Å². The Morgan fingerprint density at radius 1 is 1.00 bits per heavy atom. The van der Waals surface area contributed by atoms with Crippen LogP contribution < -0.4 is 10.3 Å². The Morgan fingerprint density at radius 3 is 2.41 bits per heavy atom. The summed E-state index contributed by atoms with van der Waals surface area (Å²) in [6.45, 7) is 1.84. The van der Waals surface area contributed by atoms with Gasteiger partial charge in [-0.25, -0.2) is 0 Å². The molecule has 0 saturated carbocycles. The normalized spacial score (nSPS) is 11.8. The van der Waals surface area contributed by atoms with E-state index in [2.05, 4.69) is 9.84 Å². The van der Waals surface area contributed by atoms with Gasteiger partial charge in [0.05, 0.1) is 5.52 Å². The van der Waals surface area contributed by atoms with E-state index in [0.717, 1.165) is 27.6 Å². The standard InChI is InChI=1S/C21H16F3N3O2/c1-13-9-20(28)27(16-4-6-17(7-5-16)29-21(22,23)24)12-18(13)14-3-8-19-15(10-14)11-26(2)25-19/h3-12H,1-2H3. The molecule has 0 aliphatic carbocycles. The van der Waals surface area contributed by atoms with Gasteiger partial charge < -0.3 is 4.74 Å². The summed E-state index contributed by atoms with van der Waals surface area (Å²) in [7, 11) is 1.84. The smallest absolute Gasteiger partial charge is 0.406 e. The molecule has 0 atom stereocenters. The first kappa shape index (κ1) is 18.8. The molecule has 0 aliphatic heterocycles. The maximum absolute atomic E-state index is 12.5. The van der Waals surface area contributed by atoms with Gasteiger partial charge in [0.25, 0.3) is 5.56 Å². The number of aryl methyl sites for hydroxylation is 2. The molecule has 2 heterocycles. The Kier molecular flexibility index (Phi) is 4.41. The third-order valence-electron chi connectivity index (χ3n) is 4.54. The van der Waals surface area contributed by atoms with E-state index in [9.17, 15) is 18.0 Å². The molecule has 2 aromatic heterocycles. The minimum atomic E-state index is -4.76. The van der Waals surface area contributed by atoms with Crippen molar-refractivity contribution in [1.82, 2.24) is 14.3 Å². The molecule has 148 valence electrons. The van der Waals surface area contributed by atoms with Crippen molar-refractivity contribution in [3.63, 3.8) is 0 Å². The van der Waals surface area contributed by atoms with Gasteiger partial charge in [0.2, 0.25) is 0 Å². The highest BCUT2D eigenvalue weighted by atomic mass is 19.4. The number of nitrogens with zero attached hydrogens (tertiary/aromatic N) is 3. The second-order valence-electron chi connectivity index (χ2n) is 6.70. The number of fused-ring (bicyclic) bond motifs is 1. The Balaban J connectivity index is 1.76. The first-order valence-electron chi connectivity index (χ1n) is 8.73.